The van der Waals surface area contributed by atoms with Crippen LogP contribution in [0.5, 0.6) is 0 Å². The molecule has 8 nitrogen and oxygen atoms in total. The monoisotopic (exact) mass is 436 g/mol. The van der Waals surface area contributed by atoms with Crippen molar-refractivity contribution in [3.05, 3.63) is 29.7 Å². The highest BCUT2D eigenvalue weighted by molar-refractivity contribution is 5.92. The minimum atomic E-state index is -0.488. The van der Waals surface area contributed by atoms with Crippen molar-refractivity contribution >= 4 is 18.1 Å². The van der Waals surface area contributed by atoms with Gasteiger partial charge in [-0.25, -0.2) is 9.97 Å². The van der Waals surface area contributed by atoms with Gasteiger partial charge in [0.15, 0.2) is 0 Å². The van der Waals surface area contributed by atoms with Crippen molar-refractivity contribution in [2.24, 2.45) is 22.7 Å². The van der Waals surface area contributed by atoms with Crippen molar-refractivity contribution in [3.8, 4) is 0 Å². The second kappa shape index (κ2) is 7.54. The lowest BCUT2D eigenvalue weighted by Crippen LogP contribution is -2.61. The summed E-state index contributed by atoms with van der Waals surface area (Å²) in [4.78, 5) is 31.1. The van der Waals surface area contributed by atoms with E-state index in [0.29, 0.717) is 29.4 Å². The van der Waals surface area contributed by atoms with Crippen molar-refractivity contribution in [1.29, 1.82) is 0 Å². The lowest BCUT2D eigenvalue weighted by Gasteiger charge is -2.58. The zero-order valence-corrected chi connectivity index (χ0v) is 18.7. The summed E-state index contributed by atoms with van der Waals surface area (Å²) in [5, 5.41) is 14.1. The van der Waals surface area contributed by atoms with Gasteiger partial charge in [-0.05, 0) is 68.9 Å². The smallest absolute Gasteiger partial charge is 0.270 e. The summed E-state index contributed by atoms with van der Waals surface area (Å²) in [6, 6.07) is 2.10. The fourth-order valence-electron chi connectivity index (χ4n) is 7.10. The van der Waals surface area contributed by atoms with E-state index in [1.807, 2.05) is 6.21 Å². The summed E-state index contributed by atoms with van der Waals surface area (Å²) in [7, 11) is 0. The molecule has 1 aromatic heterocycles. The van der Waals surface area contributed by atoms with Crippen molar-refractivity contribution in [3.63, 3.8) is 0 Å². The first-order chi connectivity index (χ1) is 15.5. The molecule has 7 rings (SSSR count). The van der Waals surface area contributed by atoms with Crippen molar-refractivity contribution in [2.75, 3.05) is 31.1 Å². The van der Waals surface area contributed by atoms with Crippen LogP contribution in [0.15, 0.2) is 29.0 Å². The van der Waals surface area contributed by atoms with Crippen molar-refractivity contribution in [1.82, 2.24) is 20.2 Å². The van der Waals surface area contributed by atoms with E-state index >= 15 is 0 Å². The number of carbonyl (C=O) groups is 1. The molecule has 5 fully saturated rings. The van der Waals surface area contributed by atoms with Crippen LogP contribution in [0.25, 0.3) is 0 Å². The van der Waals surface area contributed by atoms with Gasteiger partial charge in [-0.3, -0.25) is 9.79 Å². The van der Waals surface area contributed by atoms with Crippen LogP contribution < -0.4 is 10.2 Å². The molecule has 32 heavy (non-hydrogen) atoms. The van der Waals surface area contributed by atoms with Crippen LogP contribution in [-0.4, -0.2) is 76.0 Å². The molecule has 4 saturated carbocycles. The highest BCUT2D eigenvalue weighted by Gasteiger charge is 2.55. The van der Waals surface area contributed by atoms with Gasteiger partial charge < -0.3 is 20.2 Å². The first kappa shape index (κ1) is 20.1. The summed E-state index contributed by atoms with van der Waals surface area (Å²) < 4.78 is 0. The first-order valence-corrected chi connectivity index (χ1v) is 12.1. The van der Waals surface area contributed by atoms with Gasteiger partial charge in [0.25, 0.3) is 5.91 Å². The quantitative estimate of drug-likeness (QED) is 0.745. The third-order valence-electron chi connectivity index (χ3n) is 8.29. The molecule has 1 aromatic rings. The van der Waals surface area contributed by atoms with Gasteiger partial charge in [0, 0.05) is 44.1 Å². The summed E-state index contributed by atoms with van der Waals surface area (Å²) >= 11 is 0. The predicted molar refractivity (Wildman–Crippen MR) is 122 cm³/mol. The van der Waals surface area contributed by atoms with E-state index in [4.69, 9.17) is 0 Å². The average Bonchev–Trinajstić information content (AvgIpc) is 3.30. The van der Waals surface area contributed by atoms with E-state index in [0.717, 1.165) is 58.3 Å². The number of aliphatic hydroxyl groups is 1. The molecule has 3 heterocycles. The Morgan fingerprint density at radius 1 is 1.22 bits per heavy atom. The molecule has 8 heteroatoms. The number of anilines is 1. The summed E-state index contributed by atoms with van der Waals surface area (Å²) in [5.74, 6) is 1.91. The van der Waals surface area contributed by atoms with Crippen molar-refractivity contribution in [2.45, 2.75) is 56.7 Å². The van der Waals surface area contributed by atoms with E-state index in [9.17, 15) is 9.90 Å². The maximum Gasteiger partial charge on any atom is 0.270 e. The molecule has 2 N–H and O–H groups in total. The molecule has 2 unspecified atom stereocenters. The first-order valence-electron chi connectivity index (χ1n) is 12.1. The van der Waals surface area contributed by atoms with Gasteiger partial charge in [0.2, 0.25) is 5.95 Å². The number of carbonyl (C=O) groups excluding carboxylic acids is 1. The Morgan fingerprint density at radius 2 is 2.03 bits per heavy atom. The molecule has 4 bridgehead atoms. The zero-order valence-electron chi connectivity index (χ0n) is 18.7. The average molecular weight is 437 g/mol. The topological polar surface area (TPSA) is 94.0 Å². The Bertz CT molecular complexity index is 961. The minimum Gasteiger partial charge on any atom is -0.390 e. The van der Waals surface area contributed by atoms with Crippen LogP contribution in [-0.2, 0) is 0 Å². The largest absolute Gasteiger partial charge is 0.390 e. The molecule has 3 atom stereocenters. The van der Waals surface area contributed by atoms with Crippen LogP contribution in [0.2, 0.25) is 0 Å². The minimum absolute atomic E-state index is 0.114. The molecular formula is C24H32N6O2. The lowest BCUT2D eigenvalue weighted by molar-refractivity contribution is -0.136. The number of hydrogen-bond donors (Lipinski definition) is 2. The van der Waals surface area contributed by atoms with Gasteiger partial charge in [-0.2, -0.15) is 0 Å². The van der Waals surface area contributed by atoms with E-state index in [1.165, 1.54) is 5.70 Å². The third kappa shape index (κ3) is 3.49. The van der Waals surface area contributed by atoms with E-state index < -0.39 is 5.60 Å². The number of nitrogens with one attached hydrogen (secondary N) is 1. The predicted octanol–water partition coefficient (Wildman–Crippen LogP) is 1.62. The number of rotatable bonds is 4. The Kier molecular flexibility index (Phi) is 4.75. The van der Waals surface area contributed by atoms with E-state index in [-0.39, 0.29) is 18.0 Å². The third-order valence-corrected chi connectivity index (χ3v) is 8.29. The number of piperazine rings is 1. The SMILES string of the molecule is C[C@@H]1CN(C2=CCN=C2)CCN1c1nccc(C(=O)NC2C3CC4CC2CC(O)(C4)C3)n1. The standard InChI is InChI=1S/C24H32N6O2/c1-15-14-29(19-2-4-25-13-19)6-7-30(15)23-26-5-3-20(27-23)22(31)28-21-17-8-16-9-18(21)12-24(32,10-16)11-17/h2-3,5,13,15-18,21,32H,4,6-12,14H2,1H3,(H,28,31)/t15-,16?,17?,18?,21?,24?/m1/s1. The number of aliphatic imine (C=N–C) groups is 1. The van der Waals surface area contributed by atoms with Gasteiger partial charge in [-0.15, -0.1) is 0 Å². The van der Waals surface area contributed by atoms with Crippen LogP contribution >= 0.6 is 0 Å². The molecule has 6 aliphatic rings. The molecule has 1 saturated heterocycles. The molecule has 170 valence electrons. The molecule has 0 spiro atoms. The van der Waals surface area contributed by atoms with Gasteiger partial charge in [-0.1, -0.05) is 0 Å². The highest BCUT2D eigenvalue weighted by Crippen LogP contribution is 2.55. The normalized spacial score (nSPS) is 37.7. The molecular weight excluding hydrogens is 404 g/mol. The van der Waals surface area contributed by atoms with Crippen LogP contribution in [0.4, 0.5) is 5.95 Å². The van der Waals surface area contributed by atoms with Crippen LogP contribution in [0.3, 0.4) is 0 Å². The molecule has 0 aromatic carbocycles. The van der Waals surface area contributed by atoms with Gasteiger partial charge in [0.1, 0.15) is 5.69 Å². The zero-order chi connectivity index (χ0) is 21.9. The molecule has 0 radical (unpaired) electrons. The molecule has 1 amide bonds. The van der Waals surface area contributed by atoms with E-state index in [1.54, 1.807) is 12.3 Å². The van der Waals surface area contributed by atoms with Gasteiger partial charge in [0.05, 0.1) is 17.8 Å². The summed E-state index contributed by atoms with van der Waals surface area (Å²) in [6.45, 7) is 5.52. The molecule has 4 aliphatic carbocycles. The second-order valence-electron chi connectivity index (χ2n) is 10.5. The van der Waals surface area contributed by atoms with Gasteiger partial charge >= 0.3 is 0 Å². The lowest BCUT2D eigenvalue weighted by atomic mass is 9.52. The number of hydrogen-bond acceptors (Lipinski definition) is 7. The van der Waals surface area contributed by atoms with E-state index in [2.05, 4.69) is 43.1 Å². The maximum absolute atomic E-state index is 13.1. The number of amides is 1. The number of allylic oxidation sites excluding steroid dienone is 1. The summed E-state index contributed by atoms with van der Waals surface area (Å²) in [5.41, 5.74) is 1.15. The van der Waals surface area contributed by atoms with Crippen LogP contribution in [0, 0.1) is 17.8 Å². The fraction of sp³-hybridized carbons (Fsp3) is 0.667. The molecule has 2 aliphatic heterocycles. The fourth-order valence-corrected chi connectivity index (χ4v) is 7.10. The Labute approximate surface area is 188 Å². The maximum atomic E-state index is 13.1. The highest BCUT2D eigenvalue weighted by atomic mass is 16.3. The second-order valence-corrected chi connectivity index (χ2v) is 10.5. The summed E-state index contributed by atoms with van der Waals surface area (Å²) in [6.07, 6.45) is 10.7. The Balaban J connectivity index is 1.14. The number of nitrogens with zero attached hydrogens (tertiary/aromatic N) is 5. The Morgan fingerprint density at radius 3 is 2.72 bits per heavy atom. The van der Waals surface area contributed by atoms with Crippen molar-refractivity contribution < 1.29 is 9.90 Å². The Hall–Kier alpha value is -2.48. The van der Waals surface area contributed by atoms with Crippen LogP contribution in [0.1, 0.15) is 49.5 Å². The number of aromatic nitrogens is 2.